The maximum Gasteiger partial charge on any atom is 0.319 e. The van der Waals surface area contributed by atoms with Gasteiger partial charge in [-0.2, -0.15) is 19.9 Å². The van der Waals surface area contributed by atoms with Crippen LogP contribution in [-0.2, 0) is 36.6 Å². The molecule has 0 unspecified atom stereocenters. The van der Waals surface area contributed by atoms with Crippen molar-refractivity contribution in [2.75, 3.05) is 178 Å². The van der Waals surface area contributed by atoms with Crippen molar-refractivity contribution >= 4 is 68.2 Å². The summed E-state index contributed by atoms with van der Waals surface area (Å²) in [4.78, 5) is 87.7. The Hall–Kier alpha value is -8.48. The van der Waals surface area contributed by atoms with E-state index in [0.29, 0.717) is 126 Å². The van der Waals surface area contributed by atoms with Gasteiger partial charge in [0.15, 0.2) is 6.79 Å². The number of hydrogen-bond acceptors (Lipinski definition) is 19. The van der Waals surface area contributed by atoms with E-state index in [1.54, 1.807) is 38.8 Å². The molecule has 23 nitrogen and oxygen atoms in total. The zero-order valence-corrected chi connectivity index (χ0v) is 49.5. The molecule has 12 rings (SSSR count). The van der Waals surface area contributed by atoms with Crippen LogP contribution in [-0.4, -0.2) is 227 Å². The Bertz CT molecular complexity index is 3470. The molecular weight excluding hydrogens is 1110 g/mol. The van der Waals surface area contributed by atoms with Gasteiger partial charge in [-0.3, -0.25) is 29.0 Å². The summed E-state index contributed by atoms with van der Waals surface area (Å²) in [5, 5.41) is 14.1. The fraction of sp³-hybridized carbons (Fsp3) is 0.438. The molecule has 6 aromatic rings. The SMILES string of the molecule is C=CC(=O)N1CCN(c2nc(OCCCN3CCOCC3)nc3c2CCN(c2cc(O)cc4ccccc24)C3=O)CC1.C=CC(=O)N1CCN(c2nc(OCCCN3CCOCC3)nc3c2CCN(c2cc(OCOC)cc4ccccc24)C3=O)CC1. The summed E-state index contributed by atoms with van der Waals surface area (Å²) in [6.45, 7) is 21.9. The van der Waals surface area contributed by atoms with Gasteiger partial charge in [0.1, 0.15) is 34.5 Å². The molecule has 4 aromatic carbocycles. The number of morpholine rings is 2. The van der Waals surface area contributed by atoms with E-state index in [4.69, 9.17) is 43.4 Å². The second kappa shape index (κ2) is 28.4. The van der Waals surface area contributed by atoms with Gasteiger partial charge < -0.3 is 62.9 Å². The van der Waals surface area contributed by atoms with Crippen LogP contribution in [0.15, 0.2) is 98.1 Å². The van der Waals surface area contributed by atoms with E-state index in [9.17, 15) is 24.3 Å². The minimum absolute atomic E-state index is 0.0848. The predicted octanol–water partition coefficient (Wildman–Crippen LogP) is 5.23. The second-order valence-corrected chi connectivity index (χ2v) is 22.0. The highest BCUT2D eigenvalue weighted by molar-refractivity contribution is 6.13. The fourth-order valence-electron chi connectivity index (χ4n) is 12.0. The molecule has 0 saturated carbocycles. The minimum Gasteiger partial charge on any atom is -0.508 e. The predicted molar refractivity (Wildman–Crippen MR) is 330 cm³/mol. The molecule has 6 aliphatic rings. The number of carbonyl (C=O) groups excluding carboxylic acids is 4. The fourth-order valence-corrected chi connectivity index (χ4v) is 12.0. The Labute approximate surface area is 506 Å². The molecular formula is C64H76N12O11. The Morgan fingerprint density at radius 2 is 1.01 bits per heavy atom. The van der Waals surface area contributed by atoms with Gasteiger partial charge in [0.2, 0.25) is 11.8 Å². The van der Waals surface area contributed by atoms with E-state index in [1.165, 1.54) is 12.2 Å². The van der Waals surface area contributed by atoms with Crippen LogP contribution in [0.5, 0.6) is 23.5 Å². The first-order chi connectivity index (χ1) is 42.6. The van der Waals surface area contributed by atoms with Crippen molar-refractivity contribution in [1.82, 2.24) is 39.5 Å². The molecule has 1 N–H and O–H groups in total. The number of rotatable bonds is 19. The van der Waals surface area contributed by atoms with Crippen molar-refractivity contribution in [2.24, 2.45) is 0 Å². The maximum atomic E-state index is 14.3. The number of aromatic nitrogens is 4. The molecule has 6 aliphatic heterocycles. The van der Waals surface area contributed by atoms with Crippen LogP contribution >= 0.6 is 0 Å². The summed E-state index contributed by atoms with van der Waals surface area (Å²) < 4.78 is 34.0. The number of nitrogens with zero attached hydrogens (tertiary/aromatic N) is 12. The number of phenols is 1. The maximum absolute atomic E-state index is 14.3. The average molecular weight is 1190 g/mol. The van der Waals surface area contributed by atoms with Gasteiger partial charge in [-0.1, -0.05) is 61.7 Å². The zero-order valence-electron chi connectivity index (χ0n) is 49.5. The lowest BCUT2D eigenvalue weighted by atomic mass is 10.0. The van der Waals surface area contributed by atoms with Gasteiger partial charge in [-0.25, -0.2) is 0 Å². The molecule has 4 amide bonds. The van der Waals surface area contributed by atoms with Crippen molar-refractivity contribution in [1.29, 1.82) is 0 Å². The van der Waals surface area contributed by atoms with Crippen LogP contribution in [0, 0.1) is 0 Å². The van der Waals surface area contributed by atoms with Crippen molar-refractivity contribution in [2.45, 2.75) is 25.7 Å². The highest BCUT2D eigenvalue weighted by Gasteiger charge is 2.37. The van der Waals surface area contributed by atoms with Crippen molar-refractivity contribution in [3.63, 3.8) is 0 Å². The number of fused-ring (bicyclic) bond motifs is 4. The zero-order chi connectivity index (χ0) is 60.2. The quantitative estimate of drug-likeness (QED) is 0.0624. The molecule has 87 heavy (non-hydrogen) atoms. The smallest absolute Gasteiger partial charge is 0.319 e. The lowest BCUT2D eigenvalue weighted by Gasteiger charge is -2.37. The number of aromatic hydroxyl groups is 1. The van der Waals surface area contributed by atoms with E-state index in [1.807, 2.05) is 60.7 Å². The van der Waals surface area contributed by atoms with Crippen molar-refractivity contribution < 1.29 is 52.7 Å². The number of phenolic OH excluding ortho intramolecular Hbond substituents is 1. The molecule has 0 aliphatic carbocycles. The first-order valence-corrected chi connectivity index (χ1v) is 30.1. The molecule has 0 radical (unpaired) electrons. The van der Waals surface area contributed by atoms with Gasteiger partial charge in [0.05, 0.1) is 51.0 Å². The molecule has 0 spiro atoms. The van der Waals surface area contributed by atoms with Crippen LogP contribution < -0.4 is 33.8 Å². The molecule has 8 heterocycles. The molecule has 4 fully saturated rings. The average Bonchev–Trinajstić information content (AvgIpc) is 1.21. The van der Waals surface area contributed by atoms with Gasteiger partial charge in [0, 0.05) is 146 Å². The van der Waals surface area contributed by atoms with Crippen LogP contribution in [0.2, 0.25) is 0 Å². The van der Waals surface area contributed by atoms with Gasteiger partial charge in [-0.15, -0.1) is 0 Å². The molecule has 458 valence electrons. The molecule has 2 aromatic heterocycles. The largest absolute Gasteiger partial charge is 0.508 e. The summed E-state index contributed by atoms with van der Waals surface area (Å²) in [5.41, 5.74) is 3.63. The second-order valence-electron chi connectivity index (χ2n) is 22.0. The normalized spacial score (nSPS) is 17.6. The Kier molecular flexibility index (Phi) is 19.6. The van der Waals surface area contributed by atoms with Crippen LogP contribution in [0.1, 0.15) is 44.9 Å². The van der Waals surface area contributed by atoms with E-state index in [0.717, 1.165) is 117 Å². The van der Waals surface area contributed by atoms with Crippen LogP contribution in [0.4, 0.5) is 23.0 Å². The summed E-state index contributed by atoms with van der Waals surface area (Å²) in [7, 11) is 1.57. The summed E-state index contributed by atoms with van der Waals surface area (Å²) in [5.74, 6) is 1.45. The molecule has 0 atom stereocenters. The first-order valence-electron chi connectivity index (χ1n) is 30.1. The van der Waals surface area contributed by atoms with Gasteiger partial charge in [-0.05, 0) is 60.7 Å². The number of anilines is 4. The summed E-state index contributed by atoms with van der Waals surface area (Å²) in [6, 6.07) is 23.1. The highest BCUT2D eigenvalue weighted by atomic mass is 16.7. The molecule has 0 bridgehead atoms. The third kappa shape index (κ3) is 14.0. The number of ether oxygens (including phenoxy) is 6. The van der Waals surface area contributed by atoms with Crippen LogP contribution in [0.3, 0.4) is 0 Å². The standard InChI is InChI=1S/C33H40N6O6.C31H36N6O5/c1-3-29(40)37-12-14-38(15-13-37)31-27-9-11-39(28-22-25(45-23-42-2)21-24-7-4-5-8-26(24)28)32(41)30(27)34-33(35-31)44-18-6-10-36-16-19-43-20-17-36;1-2-27(39)35-11-13-36(14-12-35)29-25-8-10-37(26-21-23(38)20-22-6-3-4-7-24(22)26)30(40)28(25)32-31(33-29)42-17-5-9-34-15-18-41-19-16-34/h3-5,7-8,21-22H,1,6,9-20,23H2,2H3;2-4,6-7,20-21,38H,1,5,8-19H2. The topological polar surface area (TPSA) is 221 Å². The third-order valence-corrected chi connectivity index (χ3v) is 16.6. The number of piperazine rings is 2. The third-order valence-electron chi connectivity index (χ3n) is 16.6. The lowest BCUT2D eigenvalue weighted by Crippen LogP contribution is -2.49. The minimum atomic E-state index is -0.255. The van der Waals surface area contributed by atoms with Gasteiger partial charge >= 0.3 is 12.0 Å². The van der Waals surface area contributed by atoms with Crippen molar-refractivity contribution in [3.05, 3.63) is 121 Å². The van der Waals surface area contributed by atoms with Crippen molar-refractivity contribution in [3.8, 4) is 23.5 Å². The number of methoxy groups -OCH3 is 1. The van der Waals surface area contributed by atoms with E-state index in [2.05, 4.69) is 37.7 Å². The lowest BCUT2D eigenvalue weighted by molar-refractivity contribution is -0.127. The summed E-state index contributed by atoms with van der Waals surface area (Å²) >= 11 is 0. The van der Waals surface area contributed by atoms with Gasteiger partial charge in [0.25, 0.3) is 11.8 Å². The molecule has 4 saturated heterocycles. The Balaban J connectivity index is 0.000000181. The van der Waals surface area contributed by atoms with E-state index in [-0.39, 0.29) is 48.2 Å². The number of hydrogen-bond donors (Lipinski definition) is 1. The Morgan fingerprint density at radius 3 is 1.47 bits per heavy atom. The highest BCUT2D eigenvalue weighted by Crippen LogP contribution is 2.39. The number of amides is 4. The van der Waals surface area contributed by atoms with Crippen LogP contribution in [0.25, 0.3) is 21.5 Å². The monoisotopic (exact) mass is 1190 g/mol. The van der Waals surface area contributed by atoms with E-state index >= 15 is 0 Å². The van der Waals surface area contributed by atoms with E-state index < -0.39 is 0 Å². The first kappa shape index (κ1) is 60.2. The number of benzene rings is 4. The Morgan fingerprint density at radius 1 is 0.563 bits per heavy atom. The molecule has 23 heteroatoms. The summed E-state index contributed by atoms with van der Waals surface area (Å²) in [6.07, 6.45) is 5.40. The number of carbonyl (C=O) groups is 4.